The highest BCUT2D eigenvalue weighted by atomic mass is 16.5. The molecule has 6 heteroatoms. The van der Waals surface area contributed by atoms with Crippen LogP contribution in [0.1, 0.15) is 28.9 Å². The van der Waals surface area contributed by atoms with Crippen LogP contribution in [-0.2, 0) is 0 Å². The Morgan fingerprint density at radius 1 is 1.21 bits per heavy atom. The third-order valence-corrected chi connectivity index (χ3v) is 5.14. The van der Waals surface area contributed by atoms with Gasteiger partial charge in [-0.2, -0.15) is 0 Å². The molecule has 3 aromatic heterocycles. The number of ether oxygens (including phenoxy) is 1. The highest BCUT2D eigenvalue weighted by molar-refractivity contribution is 6.15. The summed E-state index contributed by atoms with van der Waals surface area (Å²) in [5.74, 6) is 0.640. The van der Waals surface area contributed by atoms with Crippen LogP contribution in [0.15, 0.2) is 42.7 Å². The first kappa shape index (κ1) is 16.7. The van der Waals surface area contributed by atoms with E-state index >= 15 is 0 Å². The molecule has 6 nitrogen and oxygen atoms in total. The lowest BCUT2D eigenvalue weighted by molar-refractivity contribution is 0.0946. The minimum atomic E-state index is -0.120. The molecule has 1 aliphatic carbocycles. The van der Waals surface area contributed by atoms with Gasteiger partial charge >= 0.3 is 0 Å². The molecule has 140 valence electrons. The summed E-state index contributed by atoms with van der Waals surface area (Å²) >= 11 is 0. The predicted octanol–water partition coefficient (Wildman–Crippen LogP) is 3.99. The van der Waals surface area contributed by atoms with E-state index in [2.05, 4.69) is 26.3 Å². The highest BCUT2D eigenvalue weighted by Gasteiger charge is 2.24. The molecule has 0 spiro atoms. The molecule has 0 bridgehead atoms. The normalized spacial score (nSPS) is 13.8. The molecule has 0 unspecified atom stereocenters. The Bertz CT molecular complexity index is 1220. The van der Waals surface area contributed by atoms with Gasteiger partial charge in [-0.15, -0.1) is 0 Å². The van der Waals surface area contributed by atoms with Gasteiger partial charge in [-0.05, 0) is 66.8 Å². The van der Waals surface area contributed by atoms with Crippen molar-refractivity contribution in [2.24, 2.45) is 0 Å². The third-order valence-electron chi connectivity index (χ3n) is 5.14. The van der Waals surface area contributed by atoms with Crippen molar-refractivity contribution in [3.8, 4) is 16.9 Å². The zero-order valence-electron chi connectivity index (χ0n) is 15.7. The number of nitrogens with one attached hydrogen (secondary N) is 2. The number of fused-ring (bicyclic) bond motifs is 3. The fourth-order valence-electron chi connectivity index (χ4n) is 3.59. The van der Waals surface area contributed by atoms with E-state index in [1.54, 1.807) is 13.3 Å². The number of hydrogen-bond acceptors (Lipinski definition) is 4. The molecule has 5 rings (SSSR count). The Labute approximate surface area is 162 Å². The lowest BCUT2D eigenvalue weighted by Gasteiger charge is -2.09. The van der Waals surface area contributed by atoms with Crippen LogP contribution in [-0.4, -0.2) is 34.0 Å². The Balaban J connectivity index is 1.71. The smallest absolute Gasteiger partial charge is 0.270 e. The molecule has 1 fully saturated rings. The predicted molar refractivity (Wildman–Crippen MR) is 109 cm³/mol. The number of nitrogens with zero attached hydrogens (tertiary/aromatic N) is 2. The van der Waals surface area contributed by atoms with E-state index in [0.29, 0.717) is 11.7 Å². The number of aromatic nitrogens is 3. The van der Waals surface area contributed by atoms with Crippen molar-refractivity contribution < 1.29 is 9.53 Å². The van der Waals surface area contributed by atoms with Gasteiger partial charge in [0.2, 0.25) is 0 Å². The Kier molecular flexibility index (Phi) is 3.79. The van der Waals surface area contributed by atoms with E-state index in [4.69, 9.17) is 4.74 Å². The lowest BCUT2D eigenvalue weighted by atomic mass is 9.99. The maximum absolute atomic E-state index is 12.4. The van der Waals surface area contributed by atoms with E-state index in [0.717, 1.165) is 57.2 Å². The number of hydrogen-bond donors (Lipinski definition) is 2. The van der Waals surface area contributed by atoms with Crippen molar-refractivity contribution in [1.29, 1.82) is 0 Å². The minimum Gasteiger partial charge on any atom is -0.495 e. The molecule has 0 saturated heterocycles. The molecule has 2 N–H and O–H groups in total. The number of rotatable bonds is 4. The van der Waals surface area contributed by atoms with Gasteiger partial charge in [0.05, 0.1) is 12.6 Å². The number of methoxy groups -OCH3 is 1. The van der Waals surface area contributed by atoms with Crippen LogP contribution in [0.25, 0.3) is 33.1 Å². The fraction of sp³-hybridized carbons (Fsp3) is 0.227. The summed E-state index contributed by atoms with van der Waals surface area (Å²) in [5, 5.41) is 5.06. The van der Waals surface area contributed by atoms with Crippen molar-refractivity contribution in [2.75, 3.05) is 7.11 Å². The van der Waals surface area contributed by atoms with Crippen LogP contribution in [0.4, 0.5) is 0 Å². The van der Waals surface area contributed by atoms with Crippen LogP contribution >= 0.6 is 0 Å². The molecule has 1 aliphatic rings. The summed E-state index contributed by atoms with van der Waals surface area (Å²) in [5.41, 5.74) is 5.17. The summed E-state index contributed by atoms with van der Waals surface area (Å²) in [7, 11) is 1.66. The van der Waals surface area contributed by atoms with Gasteiger partial charge < -0.3 is 15.0 Å². The average molecular weight is 372 g/mol. The highest BCUT2D eigenvalue weighted by Crippen LogP contribution is 2.38. The molecule has 3 heterocycles. The average Bonchev–Trinajstić information content (AvgIpc) is 3.45. The largest absolute Gasteiger partial charge is 0.495 e. The van der Waals surface area contributed by atoms with Crippen molar-refractivity contribution in [3.63, 3.8) is 0 Å². The zero-order valence-corrected chi connectivity index (χ0v) is 15.7. The first-order chi connectivity index (χ1) is 13.6. The van der Waals surface area contributed by atoms with Crippen LogP contribution in [0.2, 0.25) is 0 Å². The molecule has 0 atom stereocenters. The number of carbonyl (C=O) groups is 1. The molecular formula is C22H20N4O2. The molecule has 1 amide bonds. The minimum absolute atomic E-state index is 0.120. The summed E-state index contributed by atoms with van der Waals surface area (Å²) in [6.45, 7) is 2.03. The molecule has 1 aromatic carbocycles. The van der Waals surface area contributed by atoms with E-state index in [1.165, 1.54) is 0 Å². The Morgan fingerprint density at radius 3 is 2.86 bits per heavy atom. The van der Waals surface area contributed by atoms with Crippen molar-refractivity contribution in [1.82, 2.24) is 20.3 Å². The number of benzene rings is 1. The molecule has 1 saturated carbocycles. The van der Waals surface area contributed by atoms with E-state index in [1.807, 2.05) is 37.4 Å². The van der Waals surface area contributed by atoms with Gasteiger partial charge in [0.15, 0.2) is 0 Å². The first-order valence-electron chi connectivity index (χ1n) is 9.36. The van der Waals surface area contributed by atoms with Crippen LogP contribution in [0.3, 0.4) is 0 Å². The van der Waals surface area contributed by atoms with Gasteiger partial charge in [0.1, 0.15) is 17.1 Å². The van der Waals surface area contributed by atoms with Crippen molar-refractivity contribution in [2.45, 2.75) is 25.8 Å². The topological polar surface area (TPSA) is 79.9 Å². The molecule has 4 aromatic rings. The Hall–Kier alpha value is -3.41. The number of aryl methyl sites for hydroxylation is 1. The Morgan fingerprint density at radius 2 is 2.07 bits per heavy atom. The first-order valence-corrected chi connectivity index (χ1v) is 9.36. The molecule has 28 heavy (non-hydrogen) atoms. The van der Waals surface area contributed by atoms with Gasteiger partial charge in [-0.25, -0.2) is 4.98 Å². The second kappa shape index (κ2) is 6.34. The van der Waals surface area contributed by atoms with Gasteiger partial charge in [-0.3, -0.25) is 9.78 Å². The summed E-state index contributed by atoms with van der Waals surface area (Å²) < 4.78 is 5.56. The number of amides is 1. The second-order valence-electron chi connectivity index (χ2n) is 7.28. The van der Waals surface area contributed by atoms with Crippen LogP contribution in [0, 0.1) is 6.92 Å². The van der Waals surface area contributed by atoms with E-state index < -0.39 is 0 Å². The molecular weight excluding hydrogens is 352 g/mol. The standard InChI is InChI=1S/C22H20N4O2/c1-12-9-16-19-15(5-6-18(28-2)20(19)26-21(16)24-11-12)13-7-8-23-17(10-13)22(27)25-14-3-4-14/h5-11,14H,3-4H2,1-2H3,(H,24,26)(H,25,27). The number of pyridine rings is 2. The monoisotopic (exact) mass is 372 g/mol. The maximum atomic E-state index is 12.4. The maximum Gasteiger partial charge on any atom is 0.270 e. The van der Waals surface area contributed by atoms with Gasteiger partial charge in [0.25, 0.3) is 5.91 Å². The van der Waals surface area contributed by atoms with Crippen molar-refractivity contribution >= 4 is 27.8 Å². The van der Waals surface area contributed by atoms with E-state index in [9.17, 15) is 4.79 Å². The molecule has 0 radical (unpaired) electrons. The zero-order chi connectivity index (χ0) is 19.3. The fourth-order valence-corrected chi connectivity index (χ4v) is 3.59. The number of aromatic amines is 1. The summed E-state index contributed by atoms with van der Waals surface area (Å²) in [6, 6.07) is 10.1. The van der Waals surface area contributed by atoms with Crippen LogP contribution < -0.4 is 10.1 Å². The summed E-state index contributed by atoms with van der Waals surface area (Å²) in [6.07, 6.45) is 5.63. The van der Waals surface area contributed by atoms with Crippen molar-refractivity contribution in [3.05, 3.63) is 54.0 Å². The quantitative estimate of drug-likeness (QED) is 0.568. The van der Waals surface area contributed by atoms with Crippen LogP contribution in [0.5, 0.6) is 5.75 Å². The van der Waals surface area contributed by atoms with Gasteiger partial charge in [0, 0.05) is 29.2 Å². The summed E-state index contributed by atoms with van der Waals surface area (Å²) in [4.78, 5) is 24.6. The number of H-pyrrole nitrogens is 1. The molecule has 0 aliphatic heterocycles. The lowest BCUT2D eigenvalue weighted by Crippen LogP contribution is -2.26. The third kappa shape index (κ3) is 2.78. The number of carbonyl (C=O) groups excluding carboxylic acids is 1. The second-order valence-corrected chi connectivity index (χ2v) is 7.28. The van der Waals surface area contributed by atoms with Gasteiger partial charge in [-0.1, -0.05) is 0 Å². The van der Waals surface area contributed by atoms with E-state index in [-0.39, 0.29) is 5.91 Å². The SMILES string of the molecule is COc1ccc(-c2ccnc(C(=O)NC3CC3)c2)c2c1[nH]c1ncc(C)cc12.